The number of hydrogen-bond acceptors (Lipinski definition) is 4. The molecule has 160 valence electrons. The molecule has 30 heavy (non-hydrogen) atoms. The Balaban J connectivity index is 1.66. The minimum Gasteiger partial charge on any atom is -0.395 e. The summed E-state index contributed by atoms with van der Waals surface area (Å²) in [7, 11) is 0. The highest BCUT2D eigenvalue weighted by molar-refractivity contribution is 6.10. The van der Waals surface area contributed by atoms with E-state index >= 15 is 0 Å². The smallest absolute Gasteiger partial charge is 0.257 e. The van der Waals surface area contributed by atoms with E-state index < -0.39 is 5.91 Å². The van der Waals surface area contributed by atoms with Crippen molar-refractivity contribution in [1.29, 1.82) is 0 Å². The van der Waals surface area contributed by atoms with Crippen molar-refractivity contribution >= 4 is 23.2 Å². The van der Waals surface area contributed by atoms with Crippen molar-refractivity contribution in [2.24, 2.45) is 0 Å². The lowest BCUT2D eigenvalue weighted by Gasteiger charge is -2.33. The largest absolute Gasteiger partial charge is 0.395 e. The number of aliphatic hydroxyl groups excluding tert-OH is 1. The van der Waals surface area contributed by atoms with E-state index in [2.05, 4.69) is 10.6 Å². The first-order valence-corrected chi connectivity index (χ1v) is 10.4. The van der Waals surface area contributed by atoms with Gasteiger partial charge in [0, 0.05) is 18.3 Å². The summed E-state index contributed by atoms with van der Waals surface area (Å²) in [6.45, 7) is 0.615. The van der Waals surface area contributed by atoms with Gasteiger partial charge in [-0.25, -0.2) is 4.39 Å². The zero-order valence-corrected chi connectivity index (χ0v) is 16.9. The molecule has 7 heteroatoms. The van der Waals surface area contributed by atoms with Crippen LogP contribution in [0.4, 0.5) is 15.8 Å². The molecular formula is C23H28FN3O3. The van der Waals surface area contributed by atoms with E-state index in [0.29, 0.717) is 29.5 Å². The van der Waals surface area contributed by atoms with Crippen LogP contribution < -0.4 is 10.6 Å². The Morgan fingerprint density at radius 3 is 2.40 bits per heavy atom. The van der Waals surface area contributed by atoms with Gasteiger partial charge in [-0.05, 0) is 49.2 Å². The molecule has 2 amide bonds. The molecule has 2 aromatic rings. The predicted octanol–water partition coefficient (Wildman–Crippen LogP) is 3.64. The molecule has 3 rings (SSSR count). The fourth-order valence-corrected chi connectivity index (χ4v) is 3.86. The molecule has 1 saturated carbocycles. The Bertz CT molecular complexity index is 851. The zero-order chi connectivity index (χ0) is 21.3. The number of aliphatic hydroxyl groups is 1. The summed E-state index contributed by atoms with van der Waals surface area (Å²) in [5.41, 5.74) is 1.20. The molecule has 0 heterocycles. The first-order chi connectivity index (χ1) is 14.6. The van der Waals surface area contributed by atoms with Gasteiger partial charge < -0.3 is 15.7 Å². The Morgan fingerprint density at radius 1 is 1.00 bits per heavy atom. The second kappa shape index (κ2) is 10.8. The molecule has 1 aliphatic rings. The molecule has 1 aliphatic carbocycles. The maximum Gasteiger partial charge on any atom is 0.257 e. The maximum absolute atomic E-state index is 13.1. The van der Waals surface area contributed by atoms with E-state index in [1.165, 1.54) is 30.7 Å². The topological polar surface area (TPSA) is 81.7 Å². The average molecular weight is 413 g/mol. The normalized spacial score (nSPS) is 14.5. The fraction of sp³-hybridized carbons (Fsp3) is 0.391. The molecule has 0 spiro atoms. The van der Waals surface area contributed by atoms with Crippen molar-refractivity contribution < 1.29 is 19.1 Å². The lowest BCUT2D eigenvalue weighted by atomic mass is 9.94. The van der Waals surface area contributed by atoms with E-state index in [-0.39, 0.29) is 24.9 Å². The number of nitrogens with zero attached hydrogens (tertiary/aromatic N) is 1. The van der Waals surface area contributed by atoms with Crippen molar-refractivity contribution in [3.05, 3.63) is 59.9 Å². The SMILES string of the molecule is O=C(CN(CCO)C1CCCCC1)Nc1ccccc1C(=O)Nc1ccc(F)cc1. The highest BCUT2D eigenvalue weighted by Crippen LogP contribution is 2.23. The van der Waals surface area contributed by atoms with Crippen LogP contribution in [0.5, 0.6) is 0 Å². The van der Waals surface area contributed by atoms with Gasteiger partial charge in [-0.1, -0.05) is 31.4 Å². The van der Waals surface area contributed by atoms with Crippen LogP contribution in [-0.2, 0) is 4.79 Å². The summed E-state index contributed by atoms with van der Waals surface area (Å²) >= 11 is 0. The van der Waals surface area contributed by atoms with Gasteiger partial charge in [0.1, 0.15) is 5.82 Å². The van der Waals surface area contributed by atoms with Gasteiger partial charge in [-0.15, -0.1) is 0 Å². The first-order valence-electron chi connectivity index (χ1n) is 10.4. The molecule has 0 atom stereocenters. The van der Waals surface area contributed by atoms with Gasteiger partial charge in [0.2, 0.25) is 5.91 Å². The van der Waals surface area contributed by atoms with Crippen LogP contribution in [-0.4, -0.2) is 47.6 Å². The molecule has 3 N–H and O–H groups in total. The van der Waals surface area contributed by atoms with Crippen molar-refractivity contribution in [2.75, 3.05) is 30.3 Å². The van der Waals surface area contributed by atoms with Crippen LogP contribution in [0.15, 0.2) is 48.5 Å². The van der Waals surface area contributed by atoms with Gasteiger partial charge >= 0.3 is 0 Å². The quantitative estimate of drug-likeness (QED) is 0.617. The number of hydrogen-bond donors (Lipinski definition) is 3. The Hall–Kier alpha value is -2.77. The fourth-order valence-electron chi connectivity index (χ4n) is 3.86. The zero-order valence-electron chi connectivity index (χ0n) is 16.9. The standard InChI is InChI=1S/C23H28FN3O3/c24-17-10-12-18(13-11-17)25-23(30)20-8-4-5-9-21(20)26-22(29)16-27(14-15-28)19-6-2-1-3-7-19/h4-5,8-13,19,28H,1-3,6-7,14-16H2,(H,25,30)(H,26,29). The van der Waals surface area contributed by atoms with Crippen LogP contribution in [0.2, 0.25) is 0 Å². The third-order valence-electron chi connectivity index (χ3n) is 5.37. The second-order valence-corrected chi connectivity index (χ2v) is 7.54. The summed E-state index contributed by atoms with van der Waals surface area (Å²) in [4.78, 5) is 27.4. The molecule has 0 unspecified atom stereocenters. The molecule has 6 nitrogen and oxygen atoms in total. The van der Waals surface area contributed by atoms with Crippen LogP contribution in [0.25, 0.3) is 0 Å². The molecule has 0 saturated heterocycles. The minimum atomic E-state index is -0.392. The number of benzene rings is 2. The molecule has 1 fully saturated rings. The molecule has 0 aliphatic heterocycles. The average Bonchev–Trinajstić information content (AvgIpc) is 2.76. The molecular weight excluding hydrogens is 385 g/mol. The third-order valence-corrected chi connectivity index (χ3v) is 5.37. The summed E-state index contributed by atoms with van der Waals surface area (Å²) in [6.07, 6.45) is 5.56. The van der Waals surface area contributed by atoms with E-state index in [1.807, 2.05) is 4.90 Å². The lowest BCUT2D eigenvalue weighted by molar-refractivity contribution is -0.118. The molecule has 0 bridgehead atoms. The number of halogens is 1. The summed E-state index contributed by atoms with van der Waals surface area (Å²) < 4.78 is 13.1. The molecule has 0 aromatic heterocycles. The van der Waals surface area contributed by atoms with Crippen LogP contribution in [0.3, 0.4) is 0 Å². The van der Waals surface area contributed by atoms with Gasteiger partial charge in [0.25, 0.3) is 5.91 Å². The lowest BCUT2D eigenvalue weighted by Crippen LogP contribution is -2.43. The predicted molar refractivity (Wildman–Crippen MR) is 115 cm³/mol. The van der Waals surface area contributed by atoms with Crippen molar-refractivity contribution in [3.63, 3.8) is 0 Å². The number of carbonyl (C=O) groups excluding carboxylic acids is 2. The minimum absolute atomic E-state index is 0.000439. The number of rotatable bonds is 8. The van der Waals surface area contributed by atoms with Gasteiger partial charge in [0.15, 0.2) is 0 Å². The maximum atomic E-state index is 13.1. The summed E-state index contributed by atoms with van der Waals surface area (Å²) in [6, 6.07) is 12.6. The monoisotopic (exact) mass is 413 g/mol. The van der Waals surface area contributed by atoms with Crippen molar-refractivity contribution in [2.45, 2.75) is 38.1 Å². The first kappa shape index (κ1) is 21.9. The van der Waals surface area contributed by atoms with Crippen molar-refractivity contribution in [1.82, 2.24) is 4.90 Å². The highest BCUT2D eigenvalue weighted by atomic mass is 19.1. The molecule has 2 aromatic carbocycles. The molecule has 0 radical (unpaired) electrons. The van der Waals surface area contributed by atoms with Crippen LogP contribution in [0, 0.1) is 5.82 Å². The van der Waals surface area contributed by atoms with Crippen LogP contribution >= 0.6 is 0 Å². The van der Waals surface area contributed by atoms with Crippen LogP contribution in [0.1, 0.15) is 42.5 Å². The number of nitrogens with one attached hydrogen (secondary N) is 2. The van der Waals surface area contributed by atoms with Crippen molar-refractivity contribution in [3.8, 4) is 0 Å². The number of para-hydroxylation sites is 1. The summed E-state index contributed by atoms with van der Waals surface area (Å²) in [5, 5.41) is 14.9. The number of carbonyl (C=O) groups is 2. The Kier molecular flexibility index (Phi) is 7.93. The number of amides is 2. The van der Waals surface area contributed by atoms with E-state index in [1.54, 1.807) is 24.3 Å². The Morgan fingerprint density at radius 2 is 1.70 bits per heavy atom. The van der Waals surface area contributed by atoms with E-state index in [4.69, 9.17) is 0 Å². The van der Waals surface area contributed by atoms with Gasteiger partial charge in [0.05, 0.1) is 24.4 Å². The van der Waals surface area contributed by atoms with Gasteiger partial charge in [-0.2, -0.15) is 0 Å². The summed E-state index contributed by atoms with van der Waals surface area (Å²) in [5.74, 6) is -1.00. The van der Waals surface area contributed by atoms with Gasteiger partial charge in [-0.3, -0.25) is 14.5 Å². The van der Waals surface area contributed by atoms with E-state index in [9.17, 15) is 19.1 Å². The number of anilines is 2. The highest BCUT2D eigenvalue weighted by Gasteiger charge is 2.23. The second-order valence-electron chi connectivity index (χ2n) is 7.54. The third kappa shape index (κ3) is 6.11. The van der Waals surface area contributed by atoms with E-state index in [0.717, 1.165) is 25.7 Å². The Labute approximate surface area is 176 Å².